The fourth-order valence-electron chi connectivity index (χ4n) is 1.38. The Labute approximate surface area is 108 Å². The molecule has 18 heavy (non-hydrogen) atoms. The lowest BCUT2D eigenvalue weighted by atomic mass is 10.4. The number of hydrogen-bond acceptors (Lipinski definition) is 6. The fraction of sp³-hybridized carbons (Fsp3) is 0.182. The van der Waals surface area contributed by atoms with Gasteiger partial charge >= 0.3 is 5.97 Å². The summed E-state index contributed by atoms with van der Waals surface area (Å²) in [5.41, 5.74) is 0. The van der Waals surface area contributed by atoms with Crippen molar-refractivity contribution in [2.75, 3.05) is 23.8 Å². The van der Waals surface area contributed by atoms with E-state index in [1.54, 1.807) is 29.4 Å². The molecule has 0 fully saturated rings. The van der Waals surface area contributed by atoms with Crippen molar-refractivity contribution in [3.8, 4) is 0 Å². The predicted molar refractivity (Wildman–Crippen MR) is 70.5 cm³/mol. The summed E-state index contributed by atoms with van der Waals surface area (Å²) in [6.07, 6.45) is 1.41. The smallest absolute Gasteiger partial charge is 0.323 e. The van der Waals surface area contributed by atoms with Crippen molar-refractivity contribution in [2.45, 2.75) is 0 Å². The van der Waals surface area contributed by atoms with Gasteiger partial charge in [0.1, 0.15) is 24.5 Å². The highest BCUT2D eigenvalue weighted by atomic mass is 32.1. The number of carboxylic acid groups (broad SMARTS) is 1. The average molecular weight is 264 g/mol. The molecular weight excluding hydrogens is 252 g/mol. The van der Waals surface area contributed by atoms with E-state index in [0.29, 0.717) is 11.6 Å². The molecule has 0 atom stereocenters. The molecule has 0 radical (unpaired) electrons. The molecule has 0 aliphatic heterocycles. The summed E-state index contributed by atoms with van der Waals surface area (Å²) < 4.78 is 0. The zero-order valence-corrected chi connectivity index (χ0v) is 10.5. The van der Waals surface area contributed by atoms with E-state index in [4.69, 9.17) is 5.11 Å². The zero-order valence-electron chi connectivity index (χ0n) is 9.70. The molecule has 2 heterocycles. The first-order valence-electron chi connectivity index (χ1n) is 5.20. The number of likely N-dealkylation sites (N-methyl/N-ethyl adjacent to an activating group) is 1. The maximum Gasteiger partial charge on any atom is 0.323 e. The van der Waals surface area contributed by atoms with E-state index in [1.807, 2.05) is 17.5 Å². The van der Waals surface area contributed by atoms with Crippen LogP contribution in [0.5, 0.6) is 0 Å². The number of nitrogens with one attached hydrogen (secondary N) is 1. The van der Waals surface area contributed by atoms with Gasteiger partial charge in [0.25, 0.3) is 0 Å². The van der Waals surface area contributed by atoms with Crippen LogP contribution < -0.4 is 10.2 Å². The van der Waals surface area contributed by atoms with E-state index in [2.05, 4.69) is 15.3 Å². The topological polar surface area (TPSA) is 78.4 Å². The van der Waals surface area contributed by atoms with Crippen molar-refractivity contribution in [3.63, 3.8) is 0 Å². The van der Waals surface area contributed by atoms with Crippen LogP contribution in [-0.2, 0) is 4.79 Å². The van der Waals surface area contributed by atoms with E-state index < -0.39 is 5.97 Å². The molecule has 0 aromatic carbocycles. The number of rotatable bonds is 5. The van der Waals surface area contributed by atoms with Crippen LogP contribution in [0.1, 0.15) is 0 Å². The number of carbonyl (C=O) groups is 1. The van der Waals surface area contributed by atoms with Crippen molar-refractivity contribution >= 4 is 33.9 Å². The summed E-state index contributed by atoms with van der Waals surface area (Å²) in [6.45, 7) is -0.102. The largest absolute Gasteiger partial charge is 0.480 e. The van der Waals surface area contributed by atoms with Gasteiger partial charge in [0, 0.05) is 13.1 Å². The number of aromatic nitrogens is 2. The molecule has 7 heteroatoms. The zero-order chi connectivity index (χ0) is 13.0. The highest BCUT2D eigenvalue weighted by Crippen LogP contribution is 2.21. The van der Waals surface area contributed by atoms with Crippen molar-refractivity contribution in [1.29, 1.82) is 0 Å². The lowest BCUT2D eigenvalue weighted by Crippen LogP contribution is -2.26. The van der Waals surface area contributed by atoms with Crippen molar-refractivity contribution in [2.24, 2.45) is 0 Å². The van der Waals surface area contributed by atoms with E-state index in [0.717, 1.165) is 5.00 Å². The minimum absolute atomic E-state index is 0.102. The second kappa shape index (κ2) is 5.46. The Hall–Kier alpha value is -2.15. The first-order valence-corrected chi connectivity index (χ1v) is 6.08. The normalized spacial score (nSPS) is 10.1. The van der Waals surface area contributed by atoms with Crippen molar-refractivity contribution in [1.82, 2.24) is 9.97 Å². The molecule has 0 unspecified atom stereocenters. The Morgan fingerprint density at radius 2 is 2.39 bits per heavy atom. The van der Waals surface area contributed by atoms with Gasteiger partial charge in [-0.05, 0) is 17.5 Å². The van der Waals surface area contributed by atoms with Crippen LogP contribution in [0.4, 0.5) is 16.6 Å². The molecular formula is C11H12N4O2S. The molecule has 0 bridgehead atoms. The van der Waals surface area contributed by atoms with Gasteiger partial charge in [-0.2, -0.15) is 0 Å². The molecule has 2 aromatic rings. The monoisotopic (exact) mass is 264 g/mol. The quantitative estimate of drug-likeness (QED) is 0.857. The lowest BCUT2D eigenvalue weighted by molar-refractivity contribution is -0.135. The van der Waals surface area contributed by atoms with E-state index >= 15 is 0 Å². The molecule has 0 spiro atoms. The van der Waals surface area contributed by atoms with Crippen LogP contribution in [0, 0.1) is 0 Å². The molecule has 0 saturated carbocycles. The third-order valence-electron chi connectivity index (χ3n) is 2.19. The van der Waals surface area contributed by atoms with E-state index in [9.17, 15) is 4.79 Å². The van der Waals surface area contributed by atoms with Gasteiger partial charge in [0.15, 0.2) is 0 Å². The Morgan fingerprint density at radius 3 is 3.06 bits per heavy atom. The van der Waals surface area contributed by atoms with Crippen LogP contribution in [-0.4, -0.2) is 34.6 Å². The highest BCUT2D eigenvalue weighted by Gasteiger charge is 2.08. The van der Waals surface area contributed by atoms with Gasteiger partial charge in [0.05, 0.1) is 5.00 Å². The SMILES string of the molecule is CN(CC(=O)O)c1cc(Nc2cccs2)ncn1. The molecule has 94 valence electrons. The first kappa shape index (κ1) is 12.3. The maximum absolute atomic E-state index is 10.6. The highest BCUT2D eigenvalue weighted by molar-refractivity contribution is 7.14. The summed E-state index contributed by atoms with van der Waals surface area (Å²) in [6, 6.07) is 5.59. The number of thiophene rings is 1. The Balaban J connectivity index is 2.12. The van der Waals surface area contributed by atoms with Gasteiger partial charge < -0.3 is 15.3 Å². The Bertz CT molecular complexity index is 530. The van der Waals surface area contributed by atoms with Gasteiger partial charge in [-0.1, -0.05) is 0 Å². The van der Waals surface area contributed by atoms with Crippen LogP contribution in [0.2, 0.25) is 0 Å². The molecule has 0 amide bonds. The van der Waals surface area contributed by atoms with Crippen molar-refractivity contribution < 1.29 is 9.90 Å². The molecule has 2 rings (SSSR count). The second-order valence-corrected chi connectivity index (χ2v) is 4.56. The number of anilines is 3. The summed E-state index contributed by atoms with van der Waals surface area (Å²) in [7, 11) is 1.67. The third-order valence-corrected chi connectivity index (χ3v) is 2.97. The van der Waals surface area contributed by atoms with Crippen LogP contribution in [0.25, 0.3) is 0 Å². The van der Waals surface area contributed by atoms with Gasteiger partial charge in [-0.15, -0.1) is 11.3 Å². The lowest BCUT2D eigenvalue weighted by Gasteiger charge is -2.15. The minimum Gasteiger partial charge on any atom is -0.480 e. The van der Waals surface area contributed by atoms with Gasteiger partial charge in [0.2, 0.25) is 0 Å². The van der Waals surface area contributed by atoms with Crippen LogP contribution in [0.3, 0.4) is 0 Å². The third kappa shape index (κ3) is 3.17. The predicted octanol–water partition coefficient (Wildman–Crippen LogP) is 1.80. The minimum atomic E-state index is -0.899. The fourth-order valence-corrected chi connectivity index (χ4v) is 2.01. The van der Waals surface area contributed by atoms with E-state index in [1.165, 1.54) is 6.33 Å². The standard InChI is InChI=1S/C11H12N4O2S/c1-15(6-11(16)17)9-5-8(12-7-13-9)14-10-3-2-4-18-10/h2-5,7H,6H2,1H3,(H,16,17)(H,12,13,14). The first-order chi connectivity index (χ1) is 8.65. The van der Waals surface area contributed by atoms with Crippen LogP contribution in [0.15, 0.2) is 29.9 Å². The molecule has 6 nitrogen and oxygen atoms in total. The summed E-state index contributed by atoms with van der Waals surface area (Å²) >= 11 is 1.56. The Morgan fingerprint density at radius 1 is 1.56 bits per heavy atom. The molecule has 0 aliphatic carbocycles. The molecule has 0 aliphatic rings. The molecule has 2 N–H and O–H groups in total. The van der Waals surface area contributed by atoms with Crippen LogP contribution >= 0.6 is 11.3 Å². The maximum atomic E-state index is 10.6. The number of nitrogens with zero attached hydrogens (tertiary/aromatic N) is 3. The summed E-state index contributed by atoms with van der Waals surface area (Å²) in [4.78, 5) is 20.3. The molecule has 2 aromatic heterocycles. The second-order valence-electron chi connectivity index (χ2n) is 3.61. The Kier molecular flexibility index (Phi) is 3.73. The summed E-state index contributed by atoms with van der Waals surface area (Å²) in [5.74, 6) is 0.301. The summed E-state index contributed by atoms with van der Waals surface area (Å²) in [5, 5.41) is 14.8. The van der Waals surface area contributed by atoms with Gasteiger partial charge in [-0.25, -0.2) is 9.97 Å². The van der Waals surface area contributed by atoms with Crippen molar-refractivity contribution in [3.05, 3.63) is 29.9 Å². The number of aliphatic carboxylic acids is 1. The molecule has 0 saturated heterocycles. The number of hydrogen-bond donors (Lipinski definition) is 2. The van der Waals surface area contributed by atoms with Gasteiger partial charge in [-0.3, -0.25) is 4.79 Å². The number of carboxylic acids is 1. The van der Waals surface area contributed by atoms with E-state index in [-0.39, 0.29) is 6.54 Å². The average Bonchev–Trinajstić information content (AvgIpc) is 2.81.